The SMILES string of the molecule is COCc1ccccc1CNC(=O)CN(Cc1ccco1)Cc1cccs1. The Kier molecular flexibility index (Phi) is 7.21. The van der Waals surface area contributed by atoms with Gasteiger partial charge in [0.25, 0.3) is 0 Å². The maximum atomic E-state index is 12.5. The van der Waals surface area contributed by atoms with Crippen molar-refractivity contribution in [3.05, 3.63) is 81.9 Å². The van der Waals surface area contributed by atoms with Crippen molar-refractivity contribution >= 4 is 17.2 Å². The third-order valence-corrected chi connectivity index (χ3v) is 5.04. The van der Waals surface area contributed by atoms with E-state index in [-0.39, 0.29) is 5.91 Å². The summed E-state index contributed by atoms with van der Waals surface area (Å²) in [4.78, 5) is 15.8. The molecule has 1 amide bonds. The Hall–Kier alpha value is -2.41. The van der Waals surface area contributed by atoms with Crippen LogP contribution in [0.1, 0.15) is 21.8 Å². The van der Waals surface area contributed by atoms with Crippen LogP contribution in [-0.2, 0) is 35.8 Å². The number of carbonyl (C=O) groups is 1. The Labute approximate surface area is 163 Å². The van der Waals surface area contributed by atoms with Crippen LogP contribution in [0.5, 0.6) is 0 Å². The van der Waals surface area contributed by atoms with Gasteiger partial charge in [-0.2, -0.15) is 0 Å². The Morgan fingerprint density at radius 1 is 1.11 bits per heavy atom. The molecule has 0 spiro atoms. The molecule has 0 bridgehead atoms. The highest BCUT2D eigenvalue weighted by atomic mass is 32.1. The topological polar surface area (TPSA) is 54.7 Å². The molecule has 0 aliphatic carbocycles. The van der Waals surface area contributed by atoms with Gasteiger partial charge in [0.1, 0.15) is 5.76 Å². The molecule has 6 heteroatoms. The lowest BCUT2D eigenvalue weighted by Gasteiger charge is -2.20. The molecular weight excluding hydrogens is 360 g/mol. The molecule has 2 heterocycles. The molecule has 0 aliphatic heterocycles. The van der Waals surface area contributed by atoms with Crippen molar-refractivity contribution in [2.24, 2.45) is 0 Å². The van der Waals surface area contributed by atoms with Crippen molar-refractivity contribution in [3.63, 3.8) is 0 Å². The molecule has 3 rings (SSSR count). The molecule has 0 saturated heterocycles. The van der Waals surface area contributed by atoms with Gasteiger partial charge < -0.3 is 14.5 Å². The molecule has 5 nitrogen and oxygen atoms in total. The lowest BCUT2D eigenvalue weighted by molar-refractivity contribution is -0.122. The quantitative estimate of drug-likeness (QED) is 0.578. The lowest BCUT2D eigenvalue weighted by Crippen LogP contribution is -2.36. The summed E-state index contributed by atoms with van der Waals surface area (Å²) in [6.45, 7) is 2.65. The zero-order chi connectivity index (χ0) is 18.9. The van der Waals surface area contributed by atoms with Gasteiger partial charge in [-0.25, -0.2) is 0 Å². The van der Waals surface area contributed by atoms with E-state index in [1.54, 1.807) is 24.7 Å². The highest BCUT2D eigenvalue weighted by Gasteiger charge is 2.14. The van der Waals surface area contributed by atoms with E-state index >= 15 is 0 Å². The zero-order valence-corrected chi connectivity index (χ0v) is 16.2. The molecule has 0 unspecified atom stereocenters. The average molecular weight is 385 g/mol. The van der Waals surface area contributed by atoms with E-state index in [9.17, 15) is 4.79 Å². The summed E-state index contributed by atoms with van der Waals surface area (Å²) in [5.41, 5.74) is 2.16. The predicted molar refractivity (Wildman–Crippen MR) is 106 cm³/mol. The molecule has 0 aliphatic rings. The van der Waals surface area contributed by atoms with E-state index in [2.05, 4.69) is 16.3 Å². The molecular formula is C21H24N2O3S. The highest BCUT2D eigenvalue weighted by molar-refractivity contribution is 7.09. The highest BCUT2D eigenvalue weighted by Crippen LogP contribution is 2.15. The van der Waals surface area contributed by atoms with Crippen LogP contribution in [0.4, 0.5) is 0 Å². The molecule has 0 atom stereocenters. The summed E-state index contributed by atoms with van der Waals surface area (Å²) >= 11 is 1.69. The van der Waals surface area contributed by atoms with Crippen LogP contribution in [0.15, 0.2) is 64.6 Å². The molecule has 0 saturated carbocycles. The fourth-order valence-electron chi connectivity index (χ4n) is 2.89. The molecule has 1 N–H and O–H groups in total. The number of methoxy groups -OCH3 is 1. The van der Waals surface area contributed by atoms with Crippen molar-refractivity contribution in [3.8, 4) is 0 Å². The second-order valence-corrected chi connectivity index (χ2v) is 7.31. The second-order valence-electron chi connectivity index (χ2n) is 6.28. The van der Waals surface area contributed by atoms with E-state index in [0.717, 1.165) is 16.9 Å². The number of rotatable bonds is 10. The molecule has 3 aromatic rings. The summed E-state index contributed by atoms with van der Waals surface area (Å²) in [5, 5.41) is 5.07. The normalized spacial score (nSPS) is 11.0. The summed E-state index contributed by atoms with van der Waals surface area (Å²) in [6.07, 6.45) is 1.66. The van der Waals surface area contributed by atoms with Crippen LogP contribution >= 0.6 is 11.3 Å². The number of ether oxygens (including phenoxy) is 1. The number of furan rings is 1. The molecule has 1 aromatic carbocycles. The number of benzene rings is 1. The van der Waals surface area contributed by atoms with Crippen molar-refractivity contribution in [2.45, 2.75) is 26.2 Å². The van der Waals surface area contributed by atoms with Gasteiger partial charge >= 0.3 is 0 Å². The minimum Gasteiger partial charge on any atom is -0.468 e. The van der Waals surface area contributed by atoms with E-state index < -0.39 is 0 Å². The molecule has 0 radical (unpaired) electrons. The van der Waals surface area contributed by atoms with Crippen LogP contribution < -0.4 is 5.32 Å². The standard InChI is InChI=1S/C21H24N2O3S/c1-25-16-18-7-3-2-6-17(18)12-22-21(24)15-23(13-19-8-4-10-26-19)14-20-9-5-11-27-20/h2-11H,12-16H2,1H3,(H,22,24). The number of thiophene rings is 1. The number of amides is 1. The predicted octanol–water partition coefficient (Wildman–Crippen LogP) is 3.81. The fraction of sp³-hybridized carbons (Fsp3) is 0.286. The van der Waals surface area contributed by atoms with E-state index in [1.807, 2.05) is 47.8 Å². The number of hydrogen-bond acceptors (Lipinski definition) is 5. The minimum atomic E-state index is -0.00895. The molecule has 0 fully saturated rings. The minimum absolute atomic E-state index is 0.00895. The van der Waals surface area contributed by atoms with Crippen LogP contribution in [-0.4, -0.2) is 24.5 Å². The summed E-state index contributed by atoms with van der Waals surface area (Å²) < 4.78 is 10.7. The summed E-state index contributed by atoms with van der Waals surface area (Å²) in [6, 6.07) is 15.9. The largest absolute Gasteiger partial charge is 0.468 e. The Morgan fingerprint density at radius 2 is 1.96 bits per heavy atom. The summed E-state index contributed by atoms with van der Waals surface area (Å²) in [7, 11) is 1.67. The van der Waals surface area contributed by atoms with Crippen molar-refractivity contribution in [1.29, 1.82) is 0 Å². The van der Waals surface area contributed by atoms with Crippen LogP contribution in [0.3, 0.4) is 0 Å². The van der Waals surface area contributed by atoms with Crippen LogP contribution in [0, 0.1) is 0 Å². The van der Waals surface area contributed by atoms with Gasteiger partial charge in [-0.05, 0) is 34.7 Å². The van der Waals surface area contributed by atoms with E-state index in [4.69, 9.17) is 9.15 Å². The fourth-order valence-corrected chi connectivity index (χ4v) is 3.64. The van der Waals surface area contributed by atoms with Crippen molar-refractivity contribution < 1.29 is 13.9 Å². The maximum absolute atomic E-state index is 12.5. The first-order valence-corrected chi connectivity index (χ1v) is 9.72. The molecule has 2 aromatic heterocycles. The van der Waals surface area contributed by atoms with Crippen LogP contribution in [0.25, 0.3) is 0 Å². The van der Waals surface area contributed by atoms with E-state index in [0.29, 0.717) is 32.8 Å². The molecule has 142 valence electrons. The van der Waals surface area contributed by atoms with Crippen LogP contribution in [0.2, 0.25) is 0 Å². The smallest absolute Gasteiger partial charge is 0.234 e. The number of hydrogen-bond donors (Lipinski definition) is 1. The first-order chi connectivity index (χ1) is 13.2. The third kappa shape index (κ3) is 6.06. The number of nitrogens with one attached hydrogen (secondary N) is 1. The van der Waals surface area contributed by atoms with Gasteiger partial charge in [-0.1, -0.05) is 30.3 Å². The van der Waals surface area contributed by atoms with Gasteiger partial charge in [-0.3, -0.25) is 9.69 Å². The van der Waals surface area contributed by atoms with Gasteiger partial charge in [-0.15, -0.1) is 11.3 Å². The van der Waals surface area contributed by atoms with Crippen molar-refractivity contribution in [2.75, 3.05) is 13.7 Å². The van der Waals surface area contributed by atoms with Crippen molar-refractivity contribution in [1.82, 2.24) is 10.2 Å². The first kappa shape index (κ1) is 19.4. The first-order valence-electron chi connectivity index (χ1n) is 8.84. The third-order valence-electron chi connectivity index (χ3n) is 4.18. The second kappa shape index (κ2) is 10.1. The zero-order valence-electron chi connectivity index (χ0n) is 15.4. The van der Waals surface area contributed by atoms with Gasteiger partial charge in [0.2, 0.25) is 5.91 Å². The lowest BCUT2D eigenvalue weighted by atomic mass is 10.1. The summed E-state index contributed by atoms with van der Waals surface area (Å²) in [5.74, 6) is 0.843. The number of carbonyl (C=O) groups excluding carboxylic acids is 1. The monoisotopic (exact) mass is 384 g/mol. The van der Waals surface area contributed by atoms with Gasteiger partial charge in [0.05, 0.1) is 26.0 Å². The average Bonchev–Trinajstić information content (AvgIpc) is 3.35. The van der Waals surface area contributed by atoms with Gasteiger partial charge in [0, 0.05) is 25.1 Å². The Balaban J connectivity index is 1.58. The maximum Gasteiger partial charge on any atom is 0.234 e. The molecule has 27 heavy (non-hydrogen) atoms. The van der Waals surface area contributed by atoms with E-state index in [1.165, 1.54) is 4.88 Å². The van der Waals surface area contributed by atoms with Gasteiger partial charge in [0.15, 0.2) is 0 Å². The Morgan fingerprint density at radius 3 is 2.67 bits per heavy atom. The number of nitrogens with zero attached hydrogens (tertiary/aromatic N) is 1. The Bertz CT molecular complexity index is 780.